The Kier molecular flexibility index (Phi) is 7.52. The average molecular weight is 380 g/mol. The molecule has 0 aliphatic heterocycles. The van der Waals surface area contributed by atoms with E-state index in [-0.39, 0.29) is 0 Å². The Morgan fingerprint density at radius 3 is 2.19 bits per heavy atom. The summed E-state index contributed by atoms with van der Waals surface area (Å²) in [6, 6.07) is 11.5. The van der Waals surface area contributed by atoms with Crippen molar-refractivity contribution in [3.8, 4) is 5.75 Å². The Hall–Kier alpha value is -2.70. The molecule has 0 saturated carbocycles. The van der Waals surface area contributed by atoms with Crippen LogP contribution in [0.25, 0.3) is 0 Å². The highest BCUT2D eigenvalue weighted by atomic mass is 19.4. The molecule has 27 heavy (non-hydrogen) atoms. The number of halogens is 4. The molecular weight excluding hydrogens is 360 g/mol. The van der Waals surface area contributed by atoms with Gasteiger partial charge in [-0.05, 0) is 47.7 Å². The molecule has 0 aliphatic rings. The zero-order valence-electron chi connectivity index (χ0n) is 14.8. The van der Waals surface area contributed by atoms with Gasteiger partial charge in [-0.15, -0.1) is 0 Å². The van der Waals surface area contributed by atoms with Gasteiger partial charge in [0.2, 0.25) is 0 Å². The van der Waals surface area contributed by atoms with E-state index < -0.39 is 24.3 Å². The number of hydrogen-bond acceptors (Lipinski definition) is 3. The fourth-order valence-corrected chi connectivity index (χ4v) is 2.23. The topological polar surface area (TPSA) is 34.0 Å². The van der Waals surface area contributed by atoms with Gasteiger partial charge in [-0.25, -0.2) is 4.39 Å². The number of benzene rings is 2. The van der Waals surface area contributed by atoms with Crippen molar-refractivity contribution in [2.45, 2.75) is 32.4 Å². The largest absolute Gasteiger partial charge is 0.481 e. The normalized spacial score (nSPS) is 12.2. The first kappa shape index (κ1) is 20.6. The molecule has 0 aromatic heterocycles. The SMILES string of the molecule is CCCCc1ccc(C=NN=Cc2ccc(OCC(F)(F)F)c(F)c2)cc1. The monoisotopic (exact) mass is 380 g/mol. The Labute approximate surface area is 155 Å². The summed E-state index contributed by atoms with van der Waals surface area (Å²) in [4.78, 5) is 0. The van der Waals surface area contributed by atoms with Crippen molar-refractivity contribution in [3.05, 3.63) is 65.0 Å². The number of alkyl halides is 3. The molecule has 144 valence electrons. The van der Waals surface area contributed by atoms with E-state index in [2.05, 4.69) is 21.9 Å². The van der Waals surface area contributed by atoms with Crippen molar-refractivity contribution in [1.82, 2.24) is 0 Å². The fraction of sp³-hybridized carbons (Fsp3) is 0.300. The van der Waals surface area contributed by atoms with Crippen molar-refractivity contribution in [3.63, 3.8) is 0 Å². The summed E-state index contributed by atoms with van der Waals surface area (Å²) in [6.07, 6.45) is 1.69. The second-order valence-electron chi connectivity index (χ2n) is 5.93. The molecule has 0 spiro atoms. The molecule has 0 radical (unpaired) electrons. The molecule has 0 aliphatic carbocycles. The molecule has 0 heterocycles. The van der Waals surface area contributed by atoms with Gasteiger partial charge in [0.15, 0.2) is 18.2 Å². The number of nitrogens with zero attached hydrogens (tertiary/aromatic N) is 2. The highest BCUT2D eigenvalue weighted by Gasteiger charge is 2.28. The van der Waals surface area contributed by atoms with E-state index in [0.29, 0.717) is 5.56 Å². The summed E-state index contributed by atoms with van der Waals surface area (Å²) >= 11 is 0. The van der Waals surface area contributed by atoms with Crippen LogP contribution in [0.5, 0.6) is 5.75 Å². The van der Waals surface area contributed by atoms with Crippen LogP contribution in [0.1, 0.15) is 36.5 Å². The van der Waals surface area contributed by atoms with Crippen molar-refractivity contribution >= 4 is 12.4 Å². The highest BCUT2D eigenvalue weighted by Crippen LogP contribution is 2.21. The number of rotatable bonds is 8. The minimum atomic E-state index is -4.52. The minimum absolute atomic E-state index is 0.360. The second kappa shape index (κ2) is 9.85. The van der Waals surface area contributed by atoms with E-state index in [1.165, 1.54) is 17.8 Å². The summed E-state index contributed by atoms with van der Waals surface area (Å²) in [6.45, 7) is 0.604. The molecule has 2 aromatic carbocycles. The minimum Gasteiger partial charge on any atom is -0.481 e. The number of aryl methyl sites for hydroxylation is 1. The molecule has 0 fully saturated rings. The van der Waals surface area contributed by atoms with Crippen molar-refractivity contribution in [1.29, 1.82) is 0 Å². The Balaban J connectivity index is 1.91. The quantitative estimate of drug-likeness (QED) is 0.335. The third kappa shape index (κ3) is 7.60. The number of ether oxygens (including phenoxy) is 1. The van der Waals surface area contributed by atoms with Gasteiger partial charge < -0.3 is 4.74 Å². The second-order valence-corrected chi connectivity index (χ2v) is 5.93. The lowest BCUT2D eigenvalue weighted by Crippen LogP contribution is -2.19. The lowest BCUT2D eigenvalue weighted by atomic mass is 10.1. The number of unbranched alkanes of at least 4 members (excludes halogenated alkanes) is 1. The van der Waals surface area contributed by atoms with Crippen LogP contribution in [-0.4, -0.2) is 25.2 Å². The van der Waals surface area contributed by atoms with Crippen LogP contribution < -0.4 is 4.74 Å². The van der Waals surface area contributed by atoms with Crippen LogP contribution in [-0.2, 0) is 6.42 Å². The van der Waals surface area contributed by atoms with Gasteiger partial charge >= 0.3 is 6.18 Å². The summed E-state index contributed by atoms with van der Waals surface area (Å²) in [5, 5.41) is 7.71. The Morgan fingerprint density at radius 2 is 1.59 bits per heavy atom. The first-order valence-electron chi connectivity index (χ1n) is 8.52. The predicted molar refractivity (Wildman–Crippen MR) is 98.2 cm³/mol. The maximum absolute atomic E-state index is 13.7. The molecule has 0 saturated heterocycles. The van der Waals surface area contributed by atoms with Gasteiger partial charge in [-0.1, -0.05) is 37.6 Å². The maximum Gasteiger partial charge on any atom is 0.422 e. The molecule has 3 nitrogen and oxygen atoms in total. The molecule has 0 atom stereocenters. The Bertz CT molecular complexity index is 784. The fourth-order valence-electron chi connectivity index (χ4n) is 2.23. The van der Waals surface area contributed by atoms with Crippen LogP contribution in [0.3, 0.4) is 0 Å². The van der Waals surface area contributed by atoms with E-state index in [1.54, 1.807) is 6.21 Å². The molecular formula is C20H20F4N2O. The third-order valence-corrected chi connectivity index (χ3v) is 3.63. The number of hydrogen-bond donors (Lipinski definition) is 0. The van der Waals surface area contributed by atoms with E-state index in [0.717, 1.165) is 37.0 Å². The highest BCUT2D eigenvalue weighted by molar-refractivity contribution is 5.82. The van der Waals surface area contributed by atoms with Gasteiger partial charge in [0.05, 0.1) is 12.4 Å². The third-order valence-electron chi connectivity index (χ3n) is 3.63. The van der Waals surface area contributed by atoms with Gasteiger partial charge in [0.1, 0.15) is 0 Å². The zero-order valence-corrected chi connectivity index (χ0v) is 14.8. The Morgan fingerprint density at radius 1 is 0.963 bits per heavy atom. The van der Waals surface area contributed by atoms with E-state index >= 15 is 0 Å². The first-order chi connectivity index (χ1) is 12.9. The van der Waals surface area contributed by atoms with Crippen molar-refractivity contribution in [2.75, 3.05) is 6.61 Å². The van der Waals surface area contributed by atoms with Crippen LogP contribution >= 0.6 is 0 Å². The summed E-state index contributed by atoms with van der Waals surface area (Å²) in [5.74, 6) is -1.36. The molecule has 2 aromatic rings. The van der Waals surface area contributed by atoms with Crippen LogP contribution in [0.4, 0.5) is 17.6 Å². The lowest BCUT2D eigenvalue weighted by molar-refractivity contribution is -0.153. The maximum atomic E-state index is 13.7. The lowest BCUT2D eigenvalue weighted by Gasteiger charge is -2.09. The first-order valence-corrected chi connectivity index (χ1v) is 8.52. The van der Waals surface area contributed by atoms with Crippen LogP contribution in [0.15, 0.2) is 52.7 Å². The average Bonchev–Trinajstić information content (AvgIpc) is 2.63. The van der Waals surface area contributed by atoms with Crippen LogP contribution in [0.2, 0.25) is 0 Å². The van der Waals surface area contributed by atoms with Gasteiger partial charge in [0.25, 0.3) is 0 Å². The zero-order chi connectivity index (χ0) is 19.7. The molecule has 0 N–H and O–H groups in total. The van der Waals surface area contributed by atoms with Gasteiger partial charge in [0, 0.05) is 0 Å². The van der Waals surface area contributed by atoms with Crippen molar-refractivity contribution < 1.29 is 22.3 Å². The summed E-state index contributed by atoms with van der Waals surface area (Å²) < 4.78 is 54.4. The smallest absolute Gasteiger partial charge is 0.422 e. The molecule has 0 unspecified atom stereocenters. The molecule has 0 amide bonds. The van der Waals surface area contributed by atoms with E-state index in [1.807, 2.05) is 24.3 Å². The predicted octanol–water partition coefficient (Wildman–Crippen LogP) is 5.56. The van der Waals surface area contributed by atoms with Crippen molar-refractivity contribution in [2.24, 2.45) is 10.2 Å². The van der Waals surface area contributed by atoms with Crippen LogP contribution in [0, 0.1) is 5.82 Å². The van der Waals surface area contributed by atoms with E-state index in [9.17, 15) is 17.6 Å². The molecule has 0 bridgehead atoms. The summed E-state index contributed by atoms with van der Waals surface area (Å²) in [5.41, 5.74) is 2.51. The van der Waals surface area contributed by atoms with Gasteiger partial charge in [-0.3, -0.25) is 0 Å². The molecule has 2 rings (SSSR count). The summed E-state index contributed by atoms with van der Waals surface area (Å²) in [7, 11) is 0. The van der Waals surface area contributed by atoms with E-state index in [4.69, 9.17) is 0 Å². The van der Waals surface area contributed by atoms with Gasteiger partial charge in [-0.2, -0.15) is 23.4 Å². The molecule has 7 heteroatoms. The standard InChI is InChI=1S/C20H20F4N2O/c1-2-3-4-15-5-7-16(8-6-15)12-25-26-13-17-9-10-19(18(21)11-17)27-14-20(22,23)24/h5-13H,2-4,14H2,1H3.